The fourth-order valence-corrected chi connectivity index (χ4v) is 8.31. The van der Waals surface area contributed by atoms with Gasteiger partial charge in [0.2, 0.25) is 17.7 Å². The van der Waals surface area contributed by atoms with E-state index in [1.807, 2.05) is 18.3 Å². The summed E-state index contributed by atoms with van der Waals surface area (Å²) in [7, 11) is 1.71. The number of aromatic nitrogens is 1. The Labute approximate surface area is 285 Å². The van der Waals surface area contributed by atoms with Gasteiger partial charge in [-0.05, 0) is 66.6 Å². The van der Waals surface area contributed by atoms with Crippen molar-refractivity contribution in [2.24, 2.45) is 5.92 Å². The number of carbonyl (C=O) groups is 4. The molecule has 4 fully saturated rings. The van der Waals surface area contributed by atoms with E-state index in [2.05, 4.69) is 44.3 Å². The number of amides is 4. The van der Waals surface area contributed by atoms with Crippen molar-refractivity contribution in [3.8, 4) is 5.75 Å². The fourth-order valence-electron chi connectivity index (χ4n) is 8.31. The molecule has 256 valence electrons. The highest BCUT2D eigenvalue weighted by Gasteiger charge is 2.52. The highest BCUT2D eigenvalue weighted by molar-refractivity contribution is 6.05. The van der Waals surface area contributed by atoms with Crippen LogP contribution in [0, 0.1) is 5.92 Å². The van der Waals surface area contributed by atoms with E-state index in [0.29, 0.717) is 44.0 Å². The van der Waals surface area contributed by atoms with Gasteiger partial charge in [-0.1, -0.05) is 6.07 Å². The number of nitrogens with zero attached hydrogens (tertiary/aromatic N) is 5. The monoisotopic (exact) mass is 666 g/mol. The van der Waals surface area contributed by atoms with Crippen LogP contribution in [0.4, 0.5) is 5.69 Å². The number of ether oxygens (including phenoxy) is 2. The number of fused-ring (bicyclic) bond motifs is 2. The standard InChI is InChI=1S/C37H42N6O6/c1-23(44)43-12-11-41(22-37(43)9-10-37)29-4-3-24-13-28(38-16-25(24)14-29)19-40-17-27(21-48-2)33(20-40)49-30-5-6-31-26(15-30)18-42(36(31)47)32-7-8-34(45)39-35(32)46/h3-6,13-16,27,32-33H,7-12,17-22H2,1-2H3,(H,39,45,46)/t27-,32-,33+/m0/s1. The molecule has 3 saturated heterocycles. The van der Waals surface area contributed by atoms with Gasteiger partial charge < -0.3 is 24.2 Å². The Hall–Kier alpha value is -4.55. The minimum absolute atomic E-state index is 0.0115. The summed E-state index contributed by atoms with van der Waals surface area (Å²) in [6.45, 7) is 7.24. The molecular formula is C37H42N6O6. The summed E-state index contributed by atoms with van der Waals surface area (Å²) in [6, 6.07) is 13.6. The van der Waals surface area contributed by atoms with Crippen molar-refractivity contribution in [3.63, 3.8) is 0 Å². The minimum atomic E-state index is -0.646. The maximum Gasteiger partial charge on any atom is 0.255 e. The van der Waals surface area contributed by atoms with E-state index in [0.717, 1.165) is 61.1 Å². The average molecular weight is 667 g/mol. The van der Waals surface area contributed by atoms with Crippen LogP contribution in [0.25, 0.3) is 10.8 Å². The quantitative estimate of drug-likeness (QED) is 0.362. The number of methoxy groups -OCH3 is 1. The molecule has 12 heteroatoms. The Kier molecular flexibility index (Phi) is 8.02. The van der Waals surface area contributed by atoms with Gasteiger partial charge in [0.25, 0.3) is 5.91 Å². The molecule has 12 nitrogen and oxygen atoms in total. The van der Waals surface area contributed by atoms with Crippen LogP contribution in [-0.2, 0) is 32.2 Å². The van der Waals surface area contributed by atoms with Gasteiger partial charge in [0, 0.05) is 95.0 Å². The first-order valence-electron chi connectivity index (χ1n) is 17.3. The smallest absolute Gasteiger partial charge is 0.255 e. The van der Waals surface area contributed by atoms with Crippen LogP contribution in [0.2, 0.25) is 0 Å². The first-order valence-corrected chi connectivity index (χ1v) is 17.3. The van der Waals surface area contributed by atoms with Crippen LogP contribution in [0.1, 0.15) is 54.2 Å². The van der Waals surface area contributed by atoms with Crippen molar-refractivity contribution in [3.05, 3.63) is 65.5 Å². The van der Waals surface area contributed by atoms with Gasteiger partial charge >= 0.3 is 0 Å². The summed E-state index contributed by atoms with van der Waals surface area (Å²) >= 11 is 0. The normalized spacial score (nSPS) is 24.9. The van der Waals surface area contributed by atoms with Crippen molar-refractivity contribution < 1.29 is 28.7 Å². The Morgan fingerprint density at radius 1 is 1.04 bits per heavy atom. The lowest BCUT2D eigenvalue weighted by Gasteiger charge is -2.43. The molecule has 8 rings (SSSR count). The molecule has 1 spiro atoms. The molecule has 5 aliphatic rings. The zero-order chi connectivity index (χ0) is 33.9. The van der Waals surface area contributed by atoms with Crippen LogP contribution < -0.4 is 15.0 Å². The second-order valence-corrected chi connectivity index (χ2v) is 14.3. The van der Waals surface area contributed by atoms with Crippen molar-refractivity contribution in [2.45, 2.75) is 63.4 Å². The molecule has 0 unspecified atom stereocenters. The van der Waals surface area contributed by atoms with Gasteiger partial charge in [0.05, 0.1) is 17.8 Å². The molecule has 1 aliphatic carbocycles. The third-order valence-corrected chi connectivity index (χ3v) is 11.0. The number of nitrogens with one attached hydrogen (secondary N) is 1. The molecule has 1 saturated carbocycles. The summed E-state index contributed by atoms with van der Waals surface area (Å²) in [5.41, 5.74) is 3.57. The number of piperidine rings is 1. The highest BCUT2D eigenvalue weighted by Crippen LogP contribution is 2.45. The van der Waals surface area contributed by atoms with Gasteiger partial charge in [0.1, 0.15) is 17.9 Å². The second kappa shape index (κ2) is 12.4. The van der Waals surface area contributed by atoms with Crippen LogP contribution in [-0.4, -0.2) is 107 Å². The molecule has 3 aromatic rings. The first kappa shape index (κ1) is 31.7. The minimum Gasteiger partial charge on any atom is -0.489 e. The van der Waals surface area contributed by atoms with E-state index in [9.17, 15) is 19.2 Å². The summed E-state index contributed by atoms with van der Waals surface area (Å²) in [6.07, 6.45) is 4.57. The van der Waals surface area contributed by atoms with Crippen LogP contribution >= 0.6 is 0 Å². The lowest BCUT2D eigenvalue weighted by Crippen LogP contribution is -2.56. The van der Waals surface area contributed by atoms with Crippen LogP contribution in [0.5, 0.6) is 5.75 Å². The average Bonchev–Trinajstić information content (AvgIpc) is 3.62. The maximum atomic E-state index is 13.1. The third-order valence-electron chi connectivity index (χ3n) is 11.0. The molecule has 0 radical (unpaired) electrons. The highest BCUT2D eigenvalue weighted by atomic mass is 16.5. The molecule has 5 heterocycles. The topological polar surface area (TPSA) is 125 Å². The first-order chi connectivity index (χ1) is 23.7. The number of piperazine rings is 1. The van der Waals surface area contributed by atoms with Gasteiger partial charge in [0.15, 0.2) is 0 Å². The number of hydrogen-bond donors (Lipinski definition) is 1. The van der Waals surface area contributed by atoms with E-state index in [4.69, 9.17) is 14.5 Å². The Balaban J connectivity index is 0.916. The zero-order valence-electron chi connectivity index (χ0n) is 28.0. The molecule has 1 aromatic heterocycles. The van der Waals surface area contributed by atoms with E-state index in [1.165, 1.54) is 5.69 Å². The van der Waals surface area contributed by atoms with Crippen molar-refractivity contribution in [1.29, 1.82) is 0 Å². The van der Waals surface area contributed by atoms with E-state index in [-0.39, 0.29) is 41.7 Å². The number of likely N-dealkylation sites (tertiary alicyclic amines) is 1. The Morgan fingerprint density at radius 2 is 1.90 bits per heavy atom. The number of carbonyl (C=O) groups excluding carboxylic acids is 4. The number of pyridine rings is 1. The summed E-state index contributed by atoms with van der Waals surface area (Å²) in [5, 5.41) is 4.61. The fraction of sp³-hybridized carbons (Fsp3) is 0.486. The summed E-state index contributed by atoms with van der Waals surface area (Å²) in [4.78, 5) is 62.6. The number of anilines is 1. The van der Waals surface area contributed by atoms with Gasteiger partial charge in [-0.15, -0.1) is 0 Å². The van der Waals surface area contributed by atoms with Crippen LogP contribution in [0.3, 0.4) is 0 Å². The second-order valence-electron chi connectivity index (χ2n) is 14.3. The predicted octanol–water partition coefficient (Wildman–Crippen LogP) is 2.72. The van der Waals surface area contributed by atoms with Crippen molar-refractivity contribution >= 4 is 40.1 Å². The number of rotatable bonds is 8. The predicted molar refractivity (Wildman–Crippen MR) is 181 cm³/mol. The van der Waals surface area contributed by atoms with Crippen molar-refractivity contribution in [1.82, 2.24) is 25.0 Å². The molecule has 3 atom stereocenters. The molecule has 4 amide bonds. The zero-order valence-corrected chi connectivity index (χ0v) is 28.0. The van der Waals surface area contributed by atoms with Crippen molar-refractivity contribution in [2.75, 3.05) is 51.3 Å². The molecule has 49 heavy (non-hydrogen) atoms. The lowest BCUT2D eigenvalue weighted by molar-refractivity contribution is -0.137. The number of hydrogen-bond acceptors (Lipinski definition) is 9. The van der Waals surface area contributed by atoms with E-state index >= 15 is 0 Å². The van der Waals surface area contributed by atoms with E-state index < -0.39 is 11.9 Å². The maximum absolute atomic E-state index is 13.1. The SMILES string of the molecule is COC[C@@H]1CN(Cc2cc3ccc(N4CCN(C(C)=O)C5(CC5)C4)cc3cn2)C[C@H]1Oc1ccc2c(c1)CN([C@H]1CCC(=O)NC1=O)C2=O. The van der Waals surface area contributed by atoms with Gasteiger partial charge in [-0.2, -0.15) is 0 Å². The van der Waals surface area contributed by atoms with Gasteiger partial charge in [-0.25, -0.2) is 0 Å². The Morgan fingerprint density at radius 3 is 2.67 bits per heavy atom. The molecular weight excluding hydrogens is 624 g/mol. The summed E-state index contributed by atoms with van der Waals surface area (Å²) in [5.74, 6) is 0.101. The molecule has 1 N–H and O–H groups in total. The lowest BCUT2D eigenvalue weighted by atomic mass is 10.0. The molecule has 4 aliphatic heterocycles. The largest absolute Gasteiger partial charge is 0.489 e. The number of benzene rings is 2. The van der Waals surface area contributed by atoms with Crippen LogP contribution in [0.15, 0.2) is 48.7 Å². The van der Waals surface area contributed by atoms with Gasteiger partial charge in [-0.3, -0.25) is 34.4 Å². The summed E-state index contributed by atoms with van der Waals surface area (Å²) < 4.78 is 12.1. The molecule has 2 aromatic carbocycles. The third kappa shape index (κ3) is 6.01. The molecule has 0 bridgehead atoms. The number of imide groups is 1. The van der Waals surface area contributed by atoms with E-state index in [1.54, 1.807) is 25.0 Å². The Bertz CT molecular complexity index is 1840.